The maximum atomic E-state index is 11.5. The molecule has 1 fully saturated rings. The van der Waals surface area contributed by atoms with Crippen molar-refractivity contribution >= 4 is 5.91 Å². The van der Waals surface area contributed by atoms with Crippen LogP contribution in [-0.2, 0) is 17.9 Å². The Labute approximate surface area is 100 Å². The normalized spacial score (nSPS) is 14.3. The number of nitriles is 1. The molecular weight excluding hydrogens is 216 g/mol. The van der Waals surface area contributed by atoms with E-state index in [9.17, 15) is 4.79 Å². The minimum atomic E-state index is -0.129. The van der Waals surface area contributed by atoms with Crippen LogP contribution in [0.25, 0.3) is 0 Å². The minimum Gasteiger partial charge on any atom is -0.341 e. The number of aromatic nitrogens is 1. The van der Waals surface area contributed by atoms with Crippen LogP contribution < -0.4 is 10.6 Å². The summed E-state index contributed by atoms with van der Waals surface area (Å²) in [5, 5.41) is 14.3. The fraction of sp³-hybridized carbons (Fsp3) is 0.500. The second-order valence-electron chi connectivity index (χ2n) is 4.22. The lowest BCUT2D eigenvalue weighted by molar-refractivity contribution is -0.121. The van der Waals surface area contributed by atoms with Crippen molar-refractivity contribution in [3.05, 3.63) is 24.0 Å². The Morgan fingerprint density at radius 3 is 3.12 bits per heavy atom. The van der Waals surface area contributed by atoms with E-state index in [0.29, 0.717) is 6.04 Å². The molecule has 1 aliphatic carbocycles. The maximum absolute atomic E-state index is 11.5. The van der Waals surface area contributed by atoms with Crippen LogP contribution in [0.4, 0.5) is 0 Å². The molecule has 1 aromatic heterocycles. The van der Waals surface area contributed by atoms with E-state index in [4.69, 9.17) is 5.26 Å². The summed E-state index contributed by atoms with van der Waals surface area (Å²) in [6.07, 6.45) is 4.39. The third kappa shape index (κ3) is 3.61. The van der Waals surface area contributed by atoms with Crippen molar-refractivity contribution in [3.63, 3.8) is 0 Å². The minimum absolute atomic E-state index is 0.0652. The molecule has 2 rings (SSSR count). The van der Waals surface area contributed by atoms with Gasteiger partial charge in [0.05, 0.1) is 6.07 Å². The van der Waals surface area contributed by atoms with Gasteiger partial charge in [0.1, 0.15) is 13.1 Å². The van der Waals surface area contributed by atoms with Gasteiger partial charge < -0.3 is 15.2 Å². The van der Waals surface area contributed by atoms with Crippen molar-refractivity contribution < 1.29 is 4.79 Å². The number of carbonyl (C=O) groups excluding carboxylic acids is 1. The van der Waals surface area contributed by atoms with Crippen LogP contribution in [0.15, 0.2) is 18.3 Å². The number of rotatable bonds is 6. The average molecular weight is 232 g/mol. The number of nitrogens with one attached hydrogen (secondary N) is 2. The summed E-state index contributed by atoms with van der Waals surface area (Å²) in [6, 6.07) is 6.48. The maximum Gasteiger partial charge on any atom is 0.240 e. The first-order chi connectivity index (χ1) is 8.29. The Hall–Kier alpha value is -1.80. The smallest absolute Gasteiger partial charge is 0.240 e. The molecule has 17 heavy (non-hydrogen) atoms. The van der Waals surface area contributed by atoms with E-state index in [1.54, 1.807) is 0 Å². The van der Waals surface area contributed by atoms with E-state index in [2.05, 4.69) is 10.6 Å². The average Bonchev–Trinajstić information content (AvgIpc) is 3.05. The zero-order valence-electron chi connectivity index (χ0n) is 9.65. The Balaban J connectivity index is 1.84. The van der Waals surface area contributed by atoms with Gasteiger partial charge >= 0.3 is 0 Å². The molecule has 0 bridgehead atoms. The van der Waals surface area contributed by atoms with Crippen molar-refractivity contribution in [1.29, 1.82) is 5.26 Å². The number of hydrogen-bond acceptors (Lipinski definition) is 3. The Kier molecular flexibility index (Phi) is 3.78. The SMILES string of the molecule is N#CCNC(=O)Cn1cccc1CNC1CC1. The van der Waals surface area contributed by atoms with Gasteiger partial charge in [0.2, 0.25) is 5.91 Å². The van der Waals surface area contributed by atoms with Gasteiger partial charge in [-0.1, -0.05) is 0 Å². The van der Waals surface area contributed by atoms with Gasteiger partial charge in [-0.25, -0.2) is 0 Å². The summed E-state index contributed by atoms with van der Waals surface area (Å²) in [5.41, 5.74) is 1.10. The van der Waals surface area contributed by atoms with Gasteiger partial charge in [-0.3, -0.25) is 4.79 Å². The molecule has 1 aliphatic rings. The molecule has 0 aliphatic heterocycles. The van der Waals surface area contributed by atoms with Crippen molar-refractivity contribution in [2.75, 3.05) is 6.54 Å². The molecule has 5 heteroatoms. The summed E-state index contributed by atoms with van der Waals surface area (Å²) in [4.78, 5) is 11.5. The molecule has 1 amide bonds. The van der Waals surface area contributed by atoms with Crippen molar-refractivity contribution in [1.82, 2.24) is 15.2 Å². The topological polar surface area (TPSA) is 69.8 Å². The number of amides is 1. The highest BCUT2D eigenvalue weighted by molar-refractivity contribution is 5.76. The quantitative estimate of drug-likeness (QED) is 0.697. The van der Waals surface area contributed by atoms with Crippen LogP contribution in [0.3, 0.4) is 0 Å². The highest BCUT2D eigenvalue weighted by Crippen LogP contribution is 2.19. The summed E-state index contributed by atoms with van der Waals surface area (Å²) in [5.74, 6) is -0.129. The molecule has 2 N–H and O–H groups in total. The predicted molar refractivity (Wildman–Crippen MR) is 62.9 cm³/mol. The highest BCUT2D eigenvalue weighted by Gasteiger charge is 2.20. The lowest BCUT2D eigenvalue weighted by Gasteiger charge is -2.09. The highest BCUT2D eigenvalue weighted by atomic mass is 16.1. The van der Waals surface area contributed by atoms with Crippen LogP contribution in [0.2, 0.25) is 0 Å². The lowest BCUT2D eigenvalue weighted by atomic mass is 10.4. The third-order valence-corrected chi connectivity index (χ3v) is 2.75. The van der Waals surface area contributed by atoms with Crippen LogP contribution in [0, 0.1) is 11.3 Å². The van der Waals surface area contributed by atoms with Crippen LogP contribution >= 0.6 is 0 Å². The zero-order valence-corrected chi connectivity index (χ0v) is 9.65. The molecule has 1 saturated carbocycles. The Morgan fingerprint density at radius 1 is 1.59 bits per heavy atom. The van der Waals surface area contributed by atoms with Gasteiger partial charge in [0.15, 0.2) is 0 Å². The van der Waals surface area contributed by atoms with Crippen LogP contribution in [0.5, 0.6) is 0 Å². The van der Waals surface area contributed by atoms with Crippen LogP contribution in [-0.4, -0.2) is 23.1 Å². The summed E-state index contributed by atoms with van der Waals surface area (Å²) < 4.78 is 1.90. The molecule has 0 spiro atoms. The Bertz CT molecular complexity index is 428. The molecule has 1 heterocycles. The van der Waals surface area contributed by atoms with Gasteiger partial charge in [0, 0.05) is 24.5 Å². The predicted octanol–water partition coefficient (Wildman–Crippen LogP) is 0.380. The molecule has 0 atom stereocenters. The van der Waals surface area contributed by atoms with E-state index in [0.717, 1.165) is 12.2 Å². The van der Waals surface area contributed by atoms with Crippen molar-refractivity contribution in [2.24, 2.45) is 0 Å². The largest absolute Gasteiger partial charge is 0.341 e. The third-order valence-electron chi connectivity index (χ3n) is 2.75. The number of hydrogen-bond donors (Lipinski definition) is 2. The molecular formula is C12H16N4O. The van der Waals surface area contributed by atoms with Gasteiger partial charge in [-0.15, -0.1) is 0 Å². The monoisotopic (exact) mass is 232 g/mol. The van der Waals surface area contributed by atoms with Gasteiger partial charge in [-0.2, -0.15) is 5.26 Å². The van der Waals surface area contributed by atoms with Crippen molar-refractivity contribution in [3.8, 4) is 6.07 Å². The number of nitrogens with zero attached hydrogens (tertiary/aromatic N) is 2. The molecule has 0 radical (unpaired) electrons. The fourth-order valence-electron chi connectivity index (χ4n) is 1.65. The summed E-state index contributed by atoms with van der Waals surface area (Å²) >= 11 is 0. The molecule has 0 saturated heterocycles. The summed E-state index contributed by atoms with van der Waals surface area (Å²) in [7, 11) is 0. The molecule has 0 aromatic carbocycles. The van der Waals surface area contributed by atoms with Gasteiger partial charge in [-0.05, 0) is 25.0 Å². The van der Waals surface area contributed by atoms with Crippen molar-refractivity contribution in [2.45, 2.75) is 32.0 Å². The zero-order chi connectivity index (χ0) is 12.1. The second-order valence-corrected chi connectivity index (χ2v) is 4.22. The lowest BCUT2D eigenvalue weighted by Crippen LogP contribution is -2.29. The van der Waals surface area contributed by atoms with E-state index >= 15 is 0 Å². The summed E-state index contributed by atoms with van der Waals surface area (Å²) in [6.45, 7) is 1.13. The molecule has 90 valence electrons. The first kappa shape index (κ1) is 11.7. The fourth-order valence-corrected chi connectivity index (χ4v) is 1.65. The second kappa shape index (κ2) is 5.51. The first-order valence-electron chi connectivity index (χ1n) is 5.80. The van der Waals surface area contributed by atoms with Crippen LogP contribution in [0.1, 0.15) is 18.5 Å². The molecule has 1 aromatic rings. The Morgan fingerprint density at radius 2 is 2.41 bits per heavy atom. The number of carbonyl (C=O) groups is 1. The first-order valence-corrected chi connectivity index (χ1v) is 5.80. The molecule has 0 unspecified atom stereocenters. The van der Waals surface area contributed by atoms with E-state index in [-0.39, 0.29) is 19.0 Å². The van der Waals surface area contributed by atoms with E-state index in [1.165, 1.54) is 12.8 Å². The molecule has 5 nitrogen and oxygen atoms in total. The van der Waals surface area contributed by atoms with Gasteiger partial charge in [0.25, 0.3) is 0 Å². The van der Waals surface area contributed by atoms with E-state index in [1.807, 2.05) is 29.0 Å². The van der Waals surface area contributed by atoms with E-state index < -0.39 is 0 Å². The standard InChI is InChI=1S/C12H16N4O/c13-5-6-14-12(17)9-16-7-1-2-11(16)8-15-10-3-4-10/h1-2,7,10,15H,3-4,6,8-9H2,(H,14,17).